The van der Waals surface area contributed by atoms with Crippen LogP contribution >= 0.6 is 0 Å². The summed E-state index contributed by atoms with van der Waals surface area (Å²) in [4.78, 5) is 18.7. The second-order valence-corrected chi connectivity index (χ2v) is 8.86. The number of aromatic amines is 1. The van der Waals surface area contributed by atoms with Crippen molar-refractivity contribution in [3.05, 3.63) is 51.1 Å². The van der Waals surface area contributed by atoms with Crippen LogP contribution in [0, 0.1) is 13.8 Å². The predicted octanol–water partition coefficient (Wildman–Crippen LogP) is 3.46. The Morgan fingerprint density at radius 2 is 1.90 bits per heavy atom. The predicted molar refractivity (Wildman–Crippen MR) is 114 cm³/mol. The molecule has 3 aromatic rings. The molecule has 0 unspecified atom stereocenters. The van der Waals surface area contributed by atoms with E-state index in [4.69, 9.17) is 0 Å². The van der Waals surface area contributed by atoms with E-state index in [1.165, 1.54) is 5.56 Å². The number of pyridine rings is 1. The third kappa shape index (κ3) is 3.48. The number of benzene rings is 1. The maximum absolute atomic E-state index is 13.2. The Balaban J connectivity index is 1.94. The number of nitrogens with one attached hydrogen (secondary N) is 1. The van der Waals surface area contributed by atoms with Crippen LogP contribution in [0.25, 0.3) is 10.9 Å². The van der Waals surface area contributed by atoms with Gasteiger partial charge in [-0.1, -0.05) is 18.6 Å². The van der Waals surface area contributed by atoms with E-state index in [2.05, 4.69) is 65.2 Å². The van der Waals surface area contributed by atoms with Crippen LogP contribution in [-0.4, -0.2) is 43.2 Å². The minimum absolute atomic E-state index is 0.0646. The number of likely N-dealkylation sites (tertiary alicyclic amines) is 1. The topological polar surface area (TPSA) is 79.7 Å². The van der Waals surface area contributed by atoms with Crippen molar-refractivity contribution < 1.29 is 0 Å². The van der Waals surface area contributed by atoms with Crippen LogP contribution in [0.2, 0.25) is 0 Å². The molecule has 0 radical (unpaired) electrons. The molecule has 2 aromatic heterocycles. The summed E-state index contributed by atoms with van der Waals surface area (Å²) in [5.74, 6) is 0.743. The normalized spacial score (nSPS) is 16.6. The summed E-state index contributed by atoms with van der Waals surface area (Å²) >= 11 is 0. The van der Waals surface area contributed by atoms with E-state index in [9.17, 15) is 4.79 Å². The van der Waals surface area contributed by atoms with Gasteiger partial charge in [0.25, 0.3) is 5.56 Å². The first-order valence-corrected chi connectivity index (χ1v) is 10.5. The van der Waals surface area contributed by atoms with Crippen molar-refractivity contribution in [3.8, 4) is 0 Å². The fourth-order valence-electron chi connectivity index (χ4n) is 4.35. The van der Waals surface area contributed by atoms with E-state index in [0.717, 1.165) is 54.6 Å². The average Bonchev–Trinajstić information content (AvgIpc) is 3.36. The summed E-state index contributed by atoms with van der Waals surface area (Å²) < 4.78 is 1.90. The van der Waals surface area contributed by atoms with Crippen molar-refractivity contribution in [2.24, 2.45) is 0 Å². The van der Waals surface area contributed by atoms with E-state index >= 15 is 0 Å². The molecule has 7 heteroatoms. The lowest BCUT2D eigenvalue weighted by Gasteiger charge is -2.31. The van der Waals surface area contributed by atoms with Crippen molar-refractivity contribution in [1.29, 1.82) is 0 Å². The van der Waals surface area contributed by atoms with Gasteiger partial charge in [0.2, 0.25) is 0 Å². The molecule has 0 amide bonds. The van der Waals surface area contributed by atoms with E-state index < -0.39 is 0 Å². The van der Waals surface area contributed by atoms with Crippen LogP contribution in [0.1, 0.15) is 68.6 Å². The standard InChI is InChI=1S/C22H30N6O/c1-6-22(4,5)28-20(24-25-26-28)19(27-9-7-8-10-27)17-13-16-12-14(2)11-15(3)18(16)23-21(17)29/h11-13,19H,6-10H2,1-5H3,(H,23,29)/t19-/m0/s1. The summed E-state index contributed by atoms with van der Waals surface area (Å²) in [5.41, 5.74) is 3.59. The molecule has 1 aliphatic heterocycles. The molecule has 29 heavy (non-hydrogen) atoms. The fraction of sp³-hybridized carbons (Fsp3) is 0.545. The number of H-pyrrole nitrogens is 1. The Morgan fingerprint density at radius 1 is 1.17 bits per heavy atom. The van der Waals surface area contributed by atoms with Gasteiger partial charge < -0.3 is 4.98 Å². The highest BCUT2D eigenvalue weighted by atomic mass is 16.1. The van der Waals surface area contributed by atoms with Gasteiger partial charge in [-0.15, -0.1) is 5.10 Å². The number of aromatic nitrogens is 5. The maximum Gasteiger partial charge on any atom is 0.253 e. The minimum Gasteiger partial charge on any atom is -0.321 e. The van der Waals surface area contributed by atoms with E-state index in [0.29, 0.717) is 5.56 Å². The Hall–Kier alpha value is -2.54. The molecule has 154 valence electrons. The zero-order valence-electron chi connectivity index (χ0n) is 18.0. The molecule has 0 saturated carbocycles. The van der Waals surface area contributed by atoms with Crippen LogP contribution < -0.4 is 5.56 Å². The molecular weight excluding hydrogens is 364 g/mol. The van der Waals surface area contributed by atoms with Crippen molar-refractivity contribution in [2.45, 2.75) is 65.5 Å². The molecule has 0 bridgehead atoms. The SMILES string of the molecule is CCC(C)(C)n1nnnc1[C@H](c1cc2cc(C)cc(C)c2[nH]c1=O)N1CCCC1. The highest BCUT2D eigenvalue weighted by Crippen LogP contribution is 2.32. The first-order valence-electron chi connectivity index (χ1n) is 10.5. The second-order valence-electron chi connectivity index (χ2n) is 8.86. The minimum atomic E-state index is -0.257. The van der Waals surface area contributed by atoms with Crippen LogP contribution in [0.4, 0.5) is 0 Å². The number of hydrogen-bond acceptors (Lipinski definition) is 5. The first kappa shape index (κ1) is 19.8. The second kappa shape index (κ2) is 7.37. The Labute approximate surface area is 171 Å². The van der Waals surface area contributed by atoms with Crippen LogP contribution in [0.5, 0.6) is 0 Å². The number of fused-ring (bicyclic) bond motifs is 1. The van der Waals surface area contributed by atoms with Gasteiger partial charge in [-0.05, 0) is 93.6 Å². The molecule has 1 aromatic carbocycles. The lowest BCUT2D eigenvalue weighted by Crippen LogP contribution is -2.37. The molecule has 1 aliphatic rings. The van der Waals surface area contributed by atoms with Crippen molar-refractivity contribution in [2.75, 3.05) is 13.1 Å². The summed E-state index contributed by atoms with van der Waals surface area (Å²) in [7, 11) is 0. The van der Waals surface area contributed by atoms with Gasteiger partial charge in [-0.2, -0.15) is 0 Å². The Bertz CT molecular complexity index is 1090. The number of hydrogen-bond donors (Lipinski definition) is 1. The lowest BCUT2D eigenvalue weighted by atomic mass is 9.98. The van der Waals surface area contributed by atoms with Crippen molar-refractivity contribution >= 4 is 10.9 Å². The smallest absolute Gasteiger partial charge is 0.253 e. The van der Waals surface area contributed by atoms with Crippen molar-refractivity contribution in [3.63, 3.8) is 0 Å². The number of nitrogens with zero attached hydrogens (tertiary/aromatic N) is 5. The van der Waals surface area contributed by atoms with Crippen molar-refractivity contribution in [1.82, 2.24) is 30.1 Å². The van der Waals surface area contributed by atoms with Gasteiger partial charge in [0.15, 0.2) is 5.82 Å². The van der Waals surface area contributed by atoms with Gasteiger partial charge in [0.05, 0.1) is 11.1 Å². The third-order valence-electron chi connectivity index (χ3n) is 6.30. The summed E-state index contributed by atoms with van der Waals surface area (Å²) in [6.07, 6.45) is 3.14. The van der Waals surface area contributed by atoms with Gasteiger partial charge in [0.1, 0.15) is 6.04 Å². The van der Waals surface area contributed by atoms with E-state index in [-0.39, 0.29) is 17.1 Å². The molecule has 3 heterocycles. The van der Waals surface area contributed by atoms with Crippen LogP contribution in [-0.2, 0) is 5.54 Å². The molecule has 1 atom stereocenters. The molecular formula is C22H30N6O. The monoisotopic (exact) mass is 394 g/mol. The average molecular weight is 395 g/mol. The molecule has 4 rings (SSSR count). The van der Waals surface area contributed by atoms with E-state index in [1.807, 2.05) is 17.7 Å². The summed E-state index contributed by atoms with van der Waals surface area (Å²) in [5, 5.41) is 13.8. The van der Waals surface area contributed by atoms with Crippen LogP contribution in [0.15, 0.2) is 23.0 Å². The number of rotatable bonds is 5. The molecule has 1 N–H and O–H groups in total. The van der Waals surface area contributed by atoms with Gasteiger partial charge in [-0.3, -0.25) is 9.69 Å². The van der Waals surface area contributed by atoms with Gasteiger partial charge >= 0.3 is 0 Å². The molecule has 0 aliphatic carbocycles. The van der Waals surface area contributed by atoms with Gasteiger partial charge in [0, 0.05) is 5.56 Å². The molecule has 7 nitrogen and oxygen atoms in total. The van der Waals surface area contributed by atoms with Gasteiger partial charge in [-0.25, -0.2) is 4.68 Å². The Morgan fingerprint density at radius 3 is 2.59 bits per heavy atom. The summed E-state index contributed by atoms with van der Waals surface area (Å²) in [6, 6.07) is 6.00. The van der Waals surface area contributed by atoms with Crippen LogP contribution in [0.3, 0.4) is 0 Å². The molecule has 1 fully saturated rings. The van der Waals surface area contributed by atoms with E-state index in [1.54, 1.807) is 0 Å². The third-order valence-corrected chi connectivity index (χ3v) is 6.30. The summed E-state index contributed by atoms with van der Waals surface area (Å²) in [6.45, 7) is 12.4. The highest BCUT2D eigenvalue weighted by Gasteiger charge is 2.35. The largest absolute Gasteiger partial charge is 0.321 e. The quantitative estimate of drug-likeness (QED) is 0.717. The number of tetrazole rings is 1. The molecule has 1 saturated heterocycles. The molecule has 0 spiro atoms. The Kier molecular flexibility index (Phi) is 5.02. The first-order chi connectivity index (χ1) is 13.8. The number of aryl methyl sites for hydroxylation is 2. The lowest BCUT2D eigenvalue weighted by molar-refractivity contribution is 0.230. The maximum atomic E-state index is 13.2. The highest BCUT2D eigenvalue weighted by molar-refractivity contribution is 5.83. The fourth-order valence-corrected chi connectivity index (χ4v) is 4.35. The zero-order chi connectivity index (χ0) is 20.8. The zero-order valence-corrected chi connectivity index (χ0v) is 18.0.